The molecule has 1 aromatic carbocycles. The molecule has 2 aliphatic heterocycles. The topological polar surface area (TPSA) is 50.8 Å². The Kier molecular flexibility index (Phi) is 3.40. The minimum absolute atomic E-state index is 0.0377. The van der Waals surface area contributed by atoms with Gasteiger partial charge in [0.15, 0.2) is 0 Å². The van der Waals surface area contributed by atoms with E-state index < -0.39 is 0 Å². The monoisotopic (exact) mass is 262 g/mol. The molecule has 102 valence electrons. The van der Waals surface area contributed by atoms with Crippen molar-refractivity contribution in [2.75, 3.05) is 32.8 Å². The van der Waals surface area contributed by atoms with Crippen molar-refractivity contribution in [3.63, 3.8) is 0 Å². The molecule has 2 saturated heterocycles. The summed E-state index contributed by atoms with van der Waals surface area (Å²) >= 11 is 0. The number of likely N-dealkylation sites (tertiary alicyclic amines) is 1. The van der Waals surface area contributed by atoms with E-state index in [1.54, 1.807) is 4.90 Å². The summed E-state index contributed by atoms with van der Waals surface area (Å²) in [6.45, 7) is 3.94. The average Bonchev–Trinajstić information content (AvgIpc) is 2.44. The number of benzene rings is 1. The van der Waals surface area contributed by atoms with Crippen LogP contribution in [0.3, 0.4) is 0 Å². The van der Waals surface area contributed by atoms with E-state index in [2.05, 4.69) is 5.32 Å². The highest BCUT2D eigenvalue weighted by molar-refractivity contribution is 5.69. The van der Waals surface area contributed by atoms with Crippen molar-refractivity contribution in [1.29, 1.82) is 0 Å². The molecule has 0 saturated carbocycles. The lowest BCUT2D eigenvalue weighted by Crippen LogP contribution is -2.74. The molecule has 3 rings (SSSR count). The zero-order chi connectivity index (χ0) is 13.1. The predicted octanol–water partition coefficient (Wildman–Crippen LogP) is 0.997. The number of carbonyl (C=O) groups is 1. The summed E-state index contributed by atoms with van der Waals surface area (Å²) < 4.78 is 10.7. The molecule has 5 heteroatoms. The molecule has 0 radical (unpaired) electrons. The maximum absolute atomic E-state index is 11.9. The van der Waals surface area contributed by atoms with Crippen LogP contribution in [0, 0.1) is 0 Å². The van der Waals surface area contributed by atoms with Crippen LogP contribution < -0.4 is 5.32 Å². The molecule has 1 spiro atoms. The van der Waals surface area contributed by atoms with Crippen molar-refractivity contribution in [2.24, 2.45) is 0 Å². The molecule has 0 aromatic heterocycles. The van der Waals surface area contributed by atoms with Gasteiger partial charge in [-0.3, -0.25) is 0 Å². The summed E-state index contributed by atoms with van der Waals surface area (Å²) in [5.74, 6) is 0. The van der Waals surface area contributed by atoms with Crippen LogP contribution in [0.25, 0.3) is 0 Å². The van der Waals surface area contributed by atoms with Gasteiger partial charge in [0, 0.05) is 19.6 Å². The Labute approximate surface area is 112 Å². The second kappa shape index (κ2) is 5.19. The molecule has 2 fully saturated rings. The van der Waals surface area contributed by atoms with E-state index in [0.29, 0.717) is 26.3 Å². The number of nitrogens with one attached hydrogen (secondary N) is 1. The van der Waals surface area contributed by atoms with Gasteiger partial charge in [-0.05, 0) is 5.56 Å². The van der Waals surface area contributed by atoms with Gasteiger partial charge >= 0.3 is 6.09 Å². The standard InChI is InChI=1S/C14H18N2O3/c17-13(19-8-12-4-2-1-3-5-12)16-9-14(10-16)11-18-7-6-15-14/h1-5,15H,6-11H2. The number of nitrogens with zero attached hydrogens (tertiary/aromatic N) is 1. The number of ether oxygens (including phenoxy) is 2. The highest BCUT2D eigenvalue weighted by atomic mass is 16.6. The lowest BCUT2D eigenvalue weighted by molar-refractivity contribution is -0.0543. The molecule has 0 unspecified atom stereocenters. The molecular weight excluding hydrogens is 244 g/mol. The summed E-state index contributed by atoms with van der Waals surface area (Å²) in [4.78, 5) is 13.6. The minimum atomic E-state index is -0.248. The number of rotatable bonds is 2. The average molecular weight is 262 g/mol. The number of hydrogen-bond donors (Lipinski definition) is 1. The Morgan fingerprint density at radius 3 is 2.84 bits per heavy atom. The maximum Gasteiger partial charge on any atom is 0.410 e. The second-order valence-corrected chi connectivity index (χ2v) is 5.16. The van der Waals surface area contributed by atoms with Gasteiger partial charge in [0.05, 0.1) is 18.8 Å². The Balaban J connectivity index is 1.45. The van der Waals surface area contributed by atoms with Crippen molar-refractivity contribution in [2.45, 2.75) is 12.1 Å². The Hall–Kier alpha value is -1.59. The third-order valence-electron chi connectivity index (χ3n) is 3.58. The number of carbonyl (C=O) groups excluding carboxylic acids is 1. The molecule has 1 amide bonds. The summed E-state index contributed by atoms with van der Waals surface area (Å²) in [5.41, 5.74) is 0.967. The van der Waals surface area contributed by atoms with Gasteiger partial charge in [-0.2, -0.15) is 0 Å². The van der Waals surface area contributed by atoms with Crippen LogP contribution in [0.1, 0.15) is 5.56 Å². The van der Waals surface area contributed by atoms with E-state index in [-0.39, 0.29) is 11.6 Å². The van der Waals surface area contributed by atoms with Crippen molar-refractivity contribution >= 4 is 6.09 Å². The van der Waals surface area contributed by atoms with E-state index in [0.717, 1.165) is 18.7 Å². The maximum atomic E-state index is 11.9. The van der Waals surface area contributed by atoms with Crippen molar-refractivity contribution in [3.05, 3.63) is 35.9 Å². The lowest BCUT2D eigenvalue weighted by Gasteiger charge is -2.51. The highest BCUT2D eigenvalue weighted by Crippen LogP contribution is 2.24. The van der Waals surface area contributed by atoms with E-state index in [1.165, 1.54) is 0 Å². The lowest BCUT2D eigenvalue weighted by atomic mass is 9.90. The molecule has 1 aromatic rings. The van der Waals surface area contributed by atoms with Gasteiger partial charge in [-0.25, -0.2) is 4.79 Å². The molecule has 0 atom stereocenters. The fraction of sp³-hybridized carbons (Fsp3) is 0.500. The van der Waals surface area contributed by atoms with Crippen LogP contribution in [-0.2, 0) is 16.1 Å². The molecule has 19 heavy (non-hydrogen) atoms. The summed E-state index contributed by atoms with van der Waals surface area (Å²) in [6, 6.07) is 9.71. The largest absolute Gasteiger partial charge is 0.445 e. The SMILES string of the molecule is O=C(OCc1ccccc1)N1CC2(COCCN2)C1. The first kappa shape index (κ1) is 12.4. The van der Waals surface area contributed by atoms with Crippen molar-refractivity contribution in [1.82, 2.24) is 10.2 Å². The van der Waals surface area contributed by atoms with Crippen LogP contribution in [0.15, 0.2) is 30.3 Å². The van der Waals surface area contributed by atoms with Crippen LogP contribution in [-0.4, -0.2) is 49.4 Å². The first-order valence-electron chi connectivity index (χ1n) is 6.56. The summed E-state index contributed by atoms with van der Waals surface area (Å²) in [6.07, 6.45) is -0.248. The quantitative estimate of drug-likeness (QED) is 0.864. The predicted molar refractivity (Wildman–Crippen MR) is 69.8 cm³/mol. The first-order chi connectivity index (χ1) is 9.27. The molecule has 5 nitrogen and oxygen atoms in total. The fourth-order valence-electron chi connectivity index (χ4n) is 2.53. The van der Waals surface area contributed by atoms with E-state index in [1.807, 2.05) is 30.3 Å². The third kappa shape index (κ3) is 2.72. The van der Waals surface area contributed by atoms with Gasteiger partial charge in [0.1, 0.15) is 6.61 Å². The summed E-state index contributed by atoms with van der Waals surface area (Å²) in [5, 5.41) is 3.42. The van der Waals surface area contributed by atoms with Crippen LogP contribution >= 0.6 is 0 Å². The summed E-state index contributed by atoms with van der Waals surface area (Å²) in [7, 11) is 0. The van der Waals surface area contributed by atoms with Gasteiger partial charge < -0.3 is 19.7 Å². The molecule has 1 N–H and O–H groups in total. The van der Waals surface area contributed by atoms with Gasteiger partial charge in [-0.15, -0.1) is 0 Å². The Morgan fingerprint density at radius 2 is 2.16 bits per heavy atom. The number of morpholine rings is 1. The number of amides is 1. The van der Waals surface area contributed by atoms with Crippen molar-refractivity contribution < 1.29 is 14.3 Å². The van der Waals surface area contributed by atoms with E-state index in [4.69, 9.17) is 9.47 Å². The van der Waals surface area contributed by atoms with E-state index in [9.17, 15) is 4.79 Å². The van der Waals surface area contributed by atoms with Gasteiger partial charge in [-0.1, -0.05) is 30.3 Å². The molecule has 2 aliphatic rings. The molecular formula is C14H18N2O3. The third-order valence-corrected chi connectivity index (χ3v) is 3.58. The Morgan fingerprint density at radius 1 is 1.37 bits per heavy atom. The first-order valence-corrected chi connectivity index (χ1v) is 6.56. The van der Waals surface area contributed by atoms with Crippen LogP contribution in [0.4, 0.5) is 4.79 Å². The normalized spacial score (nSPS) is 20.9. The second-order valence-electron chi connectivity index (χ2n) is 5.16. The zero-order valence-electron chi connectivity index (χ0n) is 10.8. The van der Waals surface area contributed by atoms with Gasteiger partial charge in [0.25, 0.3) is 0 Å². The van der Waals surface area contributed by atoms with Crippen LogP contribution in [0.2, 0.25) is 0 Å². The molecule has 0 bridgehead atoms. The molecule has 0 aliphatic carbocycles. The number of hydrogen-bond acceptors (Lipinski definition) is 4. The zero-order valence-corrected chi connectivity index (χ0v) is 10.8. The van der Waals surface area contributed by atoms with E-state index >= 15 is 0 Å². The molecule has 2 heterocycles. The van der Waals surface area contributed by atoms with Gasteiger partial charge in [0.2, 0.25) is 0 Å². The highest BCUT2D eigenvalue weighted by Gasteiger charge is 2.47. The van der Waals surface area contributed by atoms with Crippen LogP contribution in [0.5, 0.6) is 0 Å². The fourth-order valence-corrected chi connectivity index (χ4v) is 2.53. The van der Waals surface area contributed by atoms with Crippen molar-refractivity contribution in [3.8, 4) is 0 Å². The Bertz CT molecular complexity index is 435. The smallest absolute Gasteiger partial charge is 0.410 e. The minimum Gasteiger partial charge on any atom is -0.445 e.